The van der Waals surface area contributed by atoms with E-state index in [1.807, 2.05) is 19.9 Å². The van der Waals surface area contributed by atoms with Crippen LogP contribution in [-0.4, -0.2) is 22.1 Å². The molecule has 1 rings (SSSR count). The number of aromatic nitrogens is 2. The van der Waals surface area contributed by atoms with Crippen molar-refractivity contribution in [3.8, 4) is 0 Å². The monoisotopic (exact) mass is 223 g/mol. The predicted molar refractivity (Wildman–Crippen MR) is 64.5 cm³/mol. The molecule has 1 aromatic rings. The first-order valence-corrected chi connectivity index (χ1v) is 5.71. The number of carbonyl (C=O) groups is 1. The van der Waals surface area contributed by atoms with Crippen LogP contribution in [0.3, 0.4) is 0 Å². The molecule has 1 heterocycles. The normalized spacial score (nSPS) is 13.6. The van der Waals surface area contributed by atoms with Crippen molar-refractivity contribution in [3.05, 3.63) is 17.5 Å². The van der Waals surface area contributed by atoms with Gasteiger partial charge in [-0.05, 0) is 19.4 Å². The van der Waals surface area contributed by atoms with Crippen molar-refractivity contribution in [3.63, 3.8) is 0 Å². The second kappa shape index (κ2) is 4.68. The smallest absolute Gasteiger partial charge is 0.271 e. The van der Waals surface area contributed by atoms with E-state index in [2.05, 4.69) is 36.3 Å². The summed E-state index contributed by atoms with van der Waals surface area (Å²) in [7, 11) is 0. The molecule has 0 radical (unpaired) electrons. The highest BCUT2D eigenvalue weighted by atomic mass is 16.2. The Kier molecular flexibility index (Phi) is 3.73. The lowest BCUT2D eigenvalue weighted by Gasteiger charge is -2.14. The minimum atomic E-state index is -0.110. The maximum Gasteiger partial charge on any atom is 0.271 e. The van der Waals surface area contributed by atoms with Crippen molar-refractivity contribution in [2.45, 2.75) is 52.5 Å². The summed E-state index contributed by atoms with van der Waals surface area (Å²) in [6, 6.07) is 2.00. The van der Waals surface area contributed by atoms with Gasteiger partial charge >= 0.3 is 0 Å². The molecule has 4 nitrogen and oxygen atoms in total. The highest BCUT2D eigenvalue weighted by Gasteiger charge is 2.19. The molecule has 0 saturated heterocycles. The summed E-state index contributed by atoms with van der Waals surface area (Å²) in [5.41, 5.74) is 1.43. The second-order valence-electron chi connectivity index (χ2n) is 5.20. The van der Waals surface area contributed by atoms with Crippen LogP contribution in [0.4, 0.5) is 0 Å². The van der Waals surface area contributed by atoms with Crippen LogP contribution in [0.1, 0.15) is 57.2 Å². The Bertz CT molecular complexity index is 363. The van der Waals surface area contributed by atoms with E-state index < -0.39 is 0 Å². The number of nitrogens with zero attached hydrogens (tertiary/aromatic N) is 1. The van der Waals surface area contributed by atoms with Crippen LogP contribution in [0, 0.1) is 0 Å². The van der Waals surface area contributed by atoms with Crippen molar-refractivity contribution < 1.29 is 4.79 Å². The van der Waals surface area contributed by atoms with E-state index in [-0.39, 0.29) is 17.4 Å². The summed E-state index contributed by atoms with van der Waals surface area (Å²) in [5.74, 6) is -0.110. The molecule has 0 aliphatic carbocycles. The van der Waals surface area contributed by atoms with E-state index in [4.69, 9.17) is 0 Å². The average Bonchev–Trinajstić information content (AvgIpc) is 2.65. The van der Waals surface area contributed by atoms with Crippen molar-refractivity contribution in [2.24, 2.45) is 0 Å². The Morgan fingerprint density at radius 1 is 1.56 bits per heavy atom. The molecule has 4 heteroatoms. The largest absolute Gasteiger partial charge is 0.348 e. The standard InChI is InChI=1S/C12H21N3O/c1-6-8(2)13-11(16)9-7-10(15-14-9)12(3,4)5/h7-8H,6H2,1-5H3,(H,13,16)(H,14,15). The molecule has 1 unspecified atom stereocenters. The van der Waals surface area contributed by atoms with Gasteiger partial charge in [-0.15, -0.1) is 0 Å². The number of amides is 1. The second-order valence-corrected chi connectivity index (χ2v) is 5.20. The molecule has 16 heavy (non-hydrogen) atoms. The Morgan fingerprint density at radius 3 is 2.62 bits per heavy atom. The van der Waals surface area contributed by atoms with E-state index in [9.17, 15) is 4.79 Å². The summed E-state index contributed by atoms with van der Waals surface area (Å²) in [6.07, 6.45) is 0.919. The van der Waals surface area contributed by atoms with E-state index in [0.29, 0.717) is 5.69 Å². The third-order valence-electron chi connectivity index (χ3n) is 2.61. The fourth-order valence-corrected chi connectivity index (χ4v) is 1.22. The molecule has 0 fully saturated rings. The maximum atomic E-state index is 11.8. The van der Waals surface area contributed by atoms with E-state index in [0.717, 1.165) is 12.1 Å². The third-order valence-corrected chi connectivity index (χ3v) is 2.61. The molecule has 0 aromatic carbocycles. The number of H-pyrrole nitrogens is 1. The van der Waals surface area contributed by atoms with Crippen molar-refractivity contribution in [1.29, 1.82) is 0 Å². The minimum Gasteiger partial charge on any atom is -0.348 e. The number of rotatable bonds is 3. The molecule has 0 aliphatic rings. The lowest BCUT2D eigenvalue weighted by molar-refractivity contribution is 0.0934. The van der Waals surface area contributed by atoms with Crippen LogP contribution in [0.25, 0.3) is 0 Å². The number of hydrogen-bond acceptors (Lipinski definition) is 2. The molecule has 1 amide bonds. The van der Waals surface area contributed by atoms with Crippen molar-refractivity contribution >= 4 is 5.91 Å². The Balaban J connectivity index is 2.75. The van der Waals surface area contributed by atoms with Gasteiger partial charge in [-0.25, -0.2) is 0 Å². The fourth-order valence-electron chi connectivity index (χ4n) is 1.22. The SMILES string of the molecule is CCC(C)NC(=O)c1cc(C(C)(C)C)[nH]n1. The highest BCUT2D eigenvalue weighted by molar-refractivity contribution is 5.92. The Hall–Kier alpha value is -1.32. The van der Waals surface area contributed by atoms with Crippen LogP contribution >= 0.6 is 0 Å². The van der Waals surface area contributed by atoms with Gasteiger partial charge in [0.15, 0.2) is 0 Å². The van der Waals surface area contributed by atoms with E-state index >= 15 is 0 Å². The van der Waals surface area contributed by atoms with Gasteiger partial charge in [0.1, 0.15) is 5.69 Å². The number of nitrogens with one attached hydrogen (secondary N) is 2. The van der Waals surface area contributed by atoms with E-state index in [1.165, 1.54) is 0 Å². The van der Waals surface area contributed by atoms with Crippen LogP contribution in [-0.2, 0) is 5.41 Å². The average molecular weight is 223 g/mol. The fraction of sp³-hybridized carbons (Fsp3) is 0.667. The van der Waals surface area contributed by atoms with Gasteiger partial charge in [0.25, 0.3) is 5.91 Å². The van der Waals surface area contributed by atoms with Crippen LogP contribution in [0.15, 0.2) is 6.07 Å². The van der Waals surface area contributed by atoms with Gasteiger partial charge in [0, 0.05) is 17.2 Å². The van der Waals surface area contributed by atoms with Gasteiger partial charge in [-0.3, -0.25) is 9.89 Å². The molecule has 1 aromatic heterocycles. The first kappa shape index (κ1) is 12.7. The van der Waals surface area contributed by atoms with Crippen molar-refractivity contribution in [2.75, 3.05) is 0 Å². The molecular weight excluding hydrogens is 202 g/mol. The van der Waals surface area contributed by atoms with Crippen LogP contribution in [0.2, 0.25) is 0 Å². The molecule has 2 N–H and O–H groups in total. The maximum absolute atomic E-state index is 11.8. The zero-order chi connectivity index (χ0) is 12.3. The number of carbonyl (C=O) groups excluding carboxylic acids is 1. The summed E-state index contributed by atoms with van der Waals surface area (Å²) in [6.45, 7) is 10.3. The predicted octanol–water partition coefficient (Wildman–Crippen LogP) is 2.24. The van der Waals surface area contributed by atoms with Gasteiger partial charge < -0.3 is 5.32 Å². The van der Waals surface area contributed by atoms with Gasteiger partial charge in [0.2, 0.25) is 0 Å². The third kappa shape index (κ3) is 3.08. The number of hydrogen-bond donors (Lipinski definition) is 2. The molecule has 90 valence electrons. The highest BCUT2D eigenvalue weighted by Crippen LogP contribution is 2.20. The first-order chi connectivity index (χ1) is 7.34. The van der Waals surface area contributed by atoms with E-state index in [1.54, 1.807) is 0 Å². The summed E-state index contributed by atoms with van der Waals surface area (Å²) in [5, 5.41) is 9.83. The summed E-state index contributed by atoms with van der Waals surface area (Å²) < 4.78 is 0. The van der Waals surface area contributed by atoms with Crippen molar-refractivity contribution in [1.82, 2.24) is 15.5 Å². The quantitative estimate of drug-likeness (QED) is 0.825. The Morgan fingerprint density at radius 2 is 2.19 bits per heavy atom. The molecular formula is C12H21N3O. The molecule has 0 saturated carbocycles. The topological polar surface area (TPSA) is 57.8 Å². The Labute approximate surface area is 96.8 Å². The zero-order valence-electron chi connectivity index (χ0n) is 10.7. The molecule has 0 aliphatic heterocycles. The summed E-state index contributed by atoms with van der Waals surface area (Å²) >= 11 is 0. The van der Waals surface area contributed by atoms with Crippen LogP contribution in [0.5, 0.6) is 0 Å². The molecule has 0 bridgehead atoms. The minimum absolute atomic E-state index is 0.0120. The summed E-state index contributed by atoms with van der Waals surface area (Å²) in [4.78, 5) is 11.8. The lowest BCUT2D eigenvalue weighted by Crippen LogP contribution is -2.32. The number of aromatic amines is 1. The van der Waals surface area contributed by atoms with Gasteiger partial charge in [-0.1, -0.05) is 27.7 Å². The zero-order valence-corrected chi connectivity index (χ0v) is 10.7. The first-order valence-electron chi connectivity index (χ1n) is 5.71. The molecule has 0 spiro atoms. The van der Waals surface area contributed by atoms with Gasteiger partial charge in [0.05, 0.1) is 0 Å². The lowest BCUT2D eigenvalue weighted by atomic mass is 9.92. The van der Waals surface area contributed by atoms with Crippen LogP contribution < -0.4 is 5.32 Å². The molecule has 1 atom stereocenters. The van der Waals surface area contributed by atoms with Gasteiger partial charge in [-0.2, -0.15) is 5.10 Å².